The zero-order valence-electron chi connectivity index (χ0n) is 11.6. The van der Waals surface area contributed by atoms with Crippen LogP contribution in [0.5, 0.6) is 0 Å². The first-order valence-electron chi connectivity index (χ1n) is 7.03. The normalized spacial score (nSPS) is 18.6. The first-order chi connectivity index (χ1) is 9.90. The smallest absolute Gasteiger partial charge is 0.243 e. The van der Waals surface area contributed by atoms with E-state index in [1.807, 2.05) is 0 Å². The Kier molecular flexibility index (Phi) is 5.29. The van der Waals surface area contributed by atoms with E-state index >= 15 is 0 Å². The number of aliphatic hydroxyl groups is 1. The van der Waals surface area contributed by atoms with Crippen molar-refractivity contribution >= 4 is 10.0 Å². The van der Waals surface area contributed by atoms with Crippen LogP contribution in [-0.2, 0) is 10.0 Å². The highest BCUT2D eigenvalue weighted by Gasteiger charge is 2.25. The van der Waals surface area contributed by atoms with Gasteiger partial charge < -0.3 is 5.11 Å². The standard InChI is InChI=1S/C14H19F2NO3S/c15-11-6-7-12(16)14(8-11)21(19,20)17-9-13(18)10-4-2-1-3-5-10/h6-8,10,13,17-18H,1-5,9H2. The molecule has 21 heavy (non-hydrogen) atoms. The highest BCUT2D eigenvalue weighted by atomic mass is 32.2. The molecule has 0 spiro atoms. The van der Waals surface area contributed by atoms with E-state index in [9.17, 15) is 22.3 Å². The van der Waals surface area contributed by atoms with Gasteiger partial charge in [0, 0.05) is 6.54 Å². The largest absolute Gasteiger partial charge is 0.391 e. The van der Waals surface area contributed by atoms with Crippen molar-refractivity contribution in [2.24, 2.45) is 5.92 Å². The van der Waals surface area contributed by atoms with E-state index < -0.39 is 32.7 Å². The summed E-state index contributed by atoms with van der Waals surface area (Å²) >= 11 is 0. The SMILES string of the molecule is O=S(=O)(NCC(O)C1CCCCC1)c1cc(F)ccc1F. The maximum absolute atomic E-state index is 13.5. The molecule has 118 valence electrons. The molecule has 2 rings (SSSR count). The number of hydrogen-bond donors (Lipinski definition) is 2. The summed E-state index contributed by atoms with van der Waals surface area (Å²) in [7, 11) is -4.17. The van der Waals surface area contributed by atoms with Crippen LogP contribution in [0.25, 0.3) is 0 Å². The molecule has 0 heterocycles. The lowest BCUT2D eigenvalue weighted by molar-refractivity contribution is 0.0888. The minimum atomic E-state index is -4.17. The minimum absolute atomic E-state index is 0.0545. The zero-order chi connectivity index (χ0) is 15.5. The Balaban J connectivity index is 2.02. The summed E-state index contributed by atoms with van der Waals surface area (Å²) in [6, 6.07) is 2.25. The maximum atomic E-state index is 13.5. The van der Waals surface area contributed by atoms with Crippen molar-refractivity contribution in [3.8, 4) is 0 Å². The van der Waals surface area contributed by atoms with Crippen molar-refractivity contribution in [1.82, 2.24) is 4.72 Å². The molecule has 1 aromatic rings. The van der Waals surface area contributed by atoms with Crippen molar-refractivity contribution in [3.63, 3.8) is 0 Å². The second-order valence-electron chi connectivity index (χ2n) is 5.39. The van der Waals surface area contributed by atoms with Gasteiger partial charge in [0.15, 0.2) is 0 Å². The molecule has 0 amide bonds. The number of sulfonamides is 1. The van der Waals surface area contributed by atoms with Crippen LogP contribution in [0.15, 0.2) is 23.1 Å². The first-order valence-corrected chi connectivity index (χ1v) is 8.51. The number of benzene rings is 1. The third-order valence-corrected chi connectivity index (χ3v) is 5.30. The predicted molar refractivity (Wildman–Crippen MR) is 74.1 cm³/mol. The van der Waals surface area contributed by atoms with E-state index in [0.717, 1.165) is 44.2 Å². The van der Waals surface area contributed by atoms with Crippen LogP contribution in [0.2, 0.25) is 0 Å². The molecule has 0 aromatic heterocycles. The van der Waals surface area contributed by atoms with Gasteiger partial charge >= 0.3 is 0 Å². The quantitative estimate of drug-likeness (QED) is 0.874. The van der Waals surface area contributed by atoms with Crippen LogP contribution >= 0.6 is 0 Å². The molecule has 1 aliphatic rings. The lowest BCUT2D eigenvalue weighted by Crippen LogP contribution is -2.37. The fourth-order valence-corrected chi connectivity index (χ4v) is 3.78. The molecule has 1 unspecified atom stereocenters. The van der Waals surface area contributed by atoms with Gasteiger partial charge in [-0.05, 0) is 37.0 Å². The number of halogens is 2. The molecular weight excluding hydrogens is 300 g/mol. The first kappa shape index (κ1) is 16.3. The average molecular weight is 319 g/mol. The summed E-state index contributed by atoms with van der Waals surface area (Å²) in [6.07, 6.45) is 4.08. The van der Waals surface area contributed by atoms with Crippen molar-refractivity contribution in [3.05, 3.63) is 29.8 Å². The Labute approximate surface area is 123 Å². The maximum Gasteiger partial charge on any atom is 0.243 e. The molecule has 0 radical (unpaired) electrons. The molecule has 1 saturated carbocycles. The monoisotopic (exact) mass is 319 g/mol. The van der Waals surface area contributed by atoms with Gasteiger partial charge in [-0.1, -0.05) is 19.3 Å². The van der Waals surface area contributed by atoms with Gasteiger partial charge in [-0.15, -0.1) is 0 Å². The van der Waals surface area contributed by atoms with Crippen LogP contribution in [0.1, 0.15) is 32.1 Å². The van der Waals surface area contributed by atoms with Crippen LogP contribution < -0.4 is 4.72 Å². The number of nitrogens with one attached hydrogen (secondary N) is 1. The predicted octanol–water partition coefficient (Wildman–Crippen LogP) is 2.18. The number of rotatable bonds is 5. The van der Waals surface area contributed by atoms with E-state index in [2.05, 4.69) is 4.72 Å². The van der Waals surface area contributed by atoms with Gasteiger partial charge in [0.25, 0.3) is 0 Å². The third-order valence-electron chi connectivity index (χ3n) is 3.86. The summed E-state index contributed by atoms with van der Waals surface area (Å²) in [4.78, 5) is -0.738. The summed E-state index contributed by atoms with van der Waals surface area (Å²) in [5.74, 6) is -1.79. The third kappa shape index (κ3) is 4.21. The molecule has 1 aromatic carbocycles. The van der Waals surface area contributed by atoms with Crippen molar-refractivity contribution in [2.75, 3.05) is 6.54 Å². The average Bonchev–Trinajstić information content (AvgIpc) is 2.48. The van der Waals surface area contributed by atoms with E-state index in [1.54, 1.807) is 0 Å². The lowest BCUT2D eigenvalue weighted by atomic mass is 9.85. The van der Waals surface area contributed by atoms with E-state index in [-0.39, 0.29) is 12.5 Å². The molecule has 4 nitrogen and oxygen atoms in total. The molecule has 0 aliphatic heterocycles. The lowest BCUT2D eigenvalue weighted by Gasteiger charge is -2.26. The summed E-state index contributed by atoms with van der Waals surface area (Å²) in [5.41, 5.74) is 0. The summed E-state index contributed by atoms with van der Waals surface area (Å²) < 4.78 is 52.6. The summed E-state index contributed by atoms with van der Waals surface area (Å²) in [6.45, 7) is -0.192. The van der Waals surface area contributed by atoms with Gasteiger partial charge in [-0.3, -0.25) is 0 Å². The molecule has 1 fully saturated rings. The van der Waals surface area contributed by atoms with Crippen LogP contribution in [0, 0.1) is 17.6 Å². The van der Waals surface area contributed by atoms with Gasteiger partial charge in [0.2, 0.25) is 10.0 Å². The van der Waals surface area contributed by atoms with E-state index in [1.165, 1.54) is 0 Å². The highest BCUT2D eigenvalue weighted by Crippen LogP contribution is 2.26. The van der Waals surface area contributed by atoms with Gasteiger partial charge in [-0.25, -0.2) is 21.9 Å². The molecule has 1 aliphatic carbocycles. The Morgan fingerprint density at radius 3 is 2.57 bits per heavy atom. The van der Waals surface area contributed by atoms with Crippen LogP contribution in [0.3, 0.4) is 0 Å². The molecule has 2 N–H and O–H groups in total. The van der Waals surface area contributed by atoms with Gasteiger partial charge in [0.1, 0.15) is 16.5 Å². The van der Waals surface area contributed by atoms with E-state index in [4.69, 9.17) is 0 Å². The van der Waals surface area contributed by atoms with Crippen LogP contribution in [0.4, 0.5) is 8.78 Å². The Morgan fingerprint density at radius 1 is 1.24 bits per heavy atom. The fraction of sp³-hybridized carbons (Fsp3) is 0.571. The highest BCUT2D eigenvalue weighted by molar-refractivity contribution is 7.89. The minimum Gasteiger partial charge on any atom is -0.391 e. The van der Waals surface area contributed by atoms with Gasteiger partial charge in [0.05, 0.1) is 6.10 Å². The number of hydrogen-bond acceptors (Lipinski definition) is 3. The molecule has 7 heteroatoms. The van der Waals surface area contributed by atoms with E-state index in [0.29, 0.717) is 6.07 Å². The second kappa shape index (κ2) is 6.81. The van der Waals surface area contributed by atoms with Crippen molar-refractivity contribution < 1.29 is 22.3 Å². The zero-order valence-corrected chi connectivity index (χ0v) is 12.4. The number of aliphatic hydroxyl groups excluding tert-OH is 1. The molecule has 1 atom stereocenters. The van der Waals surface area contributed by atoms with Gasteiger partial charge in [-0.2, -0.15) is 0 Å². The topological polar surface area (TPSA) is 66.4 Å². The molecular formula is C14H19F2NO3S. The summed E-state index contributed by atoms with van der Waals surface area (Å²) in [5, 5.41) is 10.0. The fourth-order valence-electron chi connectivity index (χ4n) is 2.64. The van der Waals surface area contributed by atoms with Crippen molar-refractivity contribution in [2.45, 2.75) is 43.1 Å². The Morgan fingerprint density at radius 2 is 1.90 bits per heavy atom. The molecule has 0 saturated heterocycles. The Bertz CT molecular complexity index is 586. The van der Waals surface area contributed by atoms with Crippen molar-refractivity contribution in [1.29, 1.82) is 0 Å². The molecule has 0 bridgehead atoms. The van der Waals surface area contributed by atoms with Crippen LogP contribution in [-0.4, -0.2) is 26.2 Å². The Hall–Kier alpha value is -1.05. The second-order valence-corrected chi connectivity index (χ2v) is 7.13.